The first kappa shape index (κ1) is 26.8. The van der Waals surface area contributed by atoms with Gasteiger partial charge < -0.3 is 0 Å². The van der Waals surface area contributed by atoms with Gasteiger partial charge in [0.15, 0.2) is 0 Å². The van der Waals surface area contributed by atoms with Crippen LogP contribution in [0.2, 0.25) is 0 Å². The second-order valence-electron chi connectivity index (χ2n) is 7.76. The van der Waals surface area contributed by atoms with Crippen LogP contribution in [-0.2, 0) is 17.1 Å². The van der Waals surface area contributed by atoms with E-state index in [-0.39, 0.29) is 29.5 Å². The third-order valence-corrected chi connectivity index (χ3v) is 5.06. The molecule has 0 unspecified atom stereocenters. The summed E-state index contributed by atoms with van der Waals surface area (Å²) in [5.74, 6) is 0.425. The number of halogens is 1. The van der Waals surface area contributed by atoms with Crippen molar-refractivity contribution >= 4 is 35.2 Å². The maximum absolute atomic E-state index is 4.88. The fourth-order valence-corrected chi connectivity index (χ4v) is 3.36. The summed E-state index contributed by atoms with van der Waals surface area (Å²) in [5.41, 5.74) is 9.16. The molecule has 0 spiro atoms. The van der Waals surface area contributed by atoms with Crippen molar-refractivity contribution in [1.82, 2.24) is 4.98 Å². The van der Waals surface area contributed by atoms with Crippen LogP contribution in [-0.4, -0.2) is 16.4 Å². The Hall–Kier alpha value is -2.26. The van der Waals surface area contributed by atoms with Gasteiger partial charge in [-0.3, -0.25) is 9.98 Å². The maximum Gasteiger partial charge on any atom is 0.0849 e. The summed E-state index contributed by atoms with van der Waals surface area (Å²) in [6.07, 6.45) is 0. The molecule has 0 aliphatic carbocycles. The Bertz CT molecular complexity index is 1070. The number of para-hydroxylation sites is 2. The monoisotopic (exact) mass is 475 g/mol. The average Bonchev–Trinajstić information content (AvgIpc) is 2.71. The van der Waals surface area contributed by atoms with E-state index in [1.807, 2.05) is 38.1 Å². The van der Waals surface area contributed by atoms with Crippen LogP contribution in [0, 0.1) is 13.8 Å². The van der Waals surface area contributed by atoms with Crippen LogP contribution in [0.4, 0.5) is 11.4 Å². The smallest absolute Gasteiger partial charge is 0.0849 e. The molecule has 0 N–H and O–H groups in total. The Balaban J connectivity index is 0.00000240. The molecule has 0 saturated heterocycles. The zero-order valence-electron chi connectivity index (χ0n) is 19.0. The van der Waals surface area contributed by atoms with Crippen LogP contribution in [0.25, 0.3) is 0 Å². The van der Waals surface area contributed by atoms with Crippen molar-refractivity contribution in [2.45, 2.75) is 47.5 Å². The molecule has 0 bridgehead atoms. The van der Waals surface area contributed by atoms with Gasteiger partial charge in [-0.25, -0.2) is 4.98 Å². The predicted molar refractivity (Wildman–Crippen MR) is 132 cm³/mol. The molecule has 2 aromatic carbocycles. The number of aliphatic imine (C=N–C) groups is 2. The van der Waals surface area contributed by atoms with Gasteiger partial charge in [-0.1, -0.05) is 56.3 Å². The van der Waals surface area contributed by atoms with Gasteiger partial charge in [-0.2, -0.15) is 0 Å². The second-order valence-corrected chi connectivity index (χ2v) is 7.76. The number of aryl methyl sites for hydroxylation is 2. The summed E-state index contributed by atoms with van der Waals surface area (Å²) >= 11 is 0. The Labute approximate surface area is 203 Å². The molecule has 31 heavy (non-hydrogen) atoms. The van der Waals surface area contributed by atoms with E-state index in [2.05, 4.69) is 64.1 Å². The fourth-order valence-electron chi connectivity index (χ4n) is 3.36. The first-order chi connectivity index (χ1) is 13.9. The van der Waals surface area contributed by atoms with Crippen molar-refractivity contribution in [2.24, 2.45) is 9.98 Å². The topological polar surface area (TPSA) is 37.6 Å². The number of hydrogen-bond acceptors (Lipinski definition) is 3. The number of pyridine rings is 1. The zero-order valence-corrected chi connectivity index (χ0v) is 20.9. The molecule has 3 aromatic rings. The van der Waals surface area contributed by atoms with Crippen molar-refractivity contribution in [2.75, 3.05) is 0 Å². The molecule has 0 aliphatic heterocycles. The summed E-state index contributed by atoms with van der Waals surface area (Å²) < 4.78 is 0. The van der Waals surface area contributed by atoms with E-state index in [9.17, 15) is 0 Å². The molecule has 3 nitrogen and oxygen atoms in total. The first-order valence-electron chi connectivity index (χ1n) is 10.1. The van der Waals surface area contributed by atoms with Gasteiger partial charge in [0, 0.05) is 17.1 Å². The SMILES string of the molecule is CC(=Nc1ccccc1C(C)C)c1cccc(C(C)=Nc2c(C)cccc2C)n1.Cl.[Fe]. The van der Waals surface area contributed by atoms with Crippen LogP contribution in [0.15, 0.2) is 70.6 Å². The van der Waals surface area contributed by atoms with Crippen molar-refractivity contribution in [3.63, 3.8) is 0 Å². The van der Waals surface area contributed by atoms with Gasteiger partial charge in [0.05, 0.1) is 34.2 Å². The van der Waals surface area contributed by atoms with E-state index in [0.717, 1.165) is 34.2 Å². The van der Waals surface area contributed by atoms with Crippen molar-refractivity contribution in [3.05, 3.63) is 88.7 Å². The molecule has 0 aliphatic rings. The normalized spacial score (nSPS) is 11.7. The van der Waals surface area contributed by atoms with E-state index >= 15 is 0 Å². The molecule has 5 heteroatoms. The number of benzene rings is 2. The Morgan fingerprint density at radius 3 is 1.84 bits per heavy atom. The van der Waals surface area contributed by atoms with Gasteiger partial charge in [-0.15, -0.1) is 12.4 Å². The predicted octanol–water partition coefficient (Wildman–Crippen LogP) is 7.52. The van der Waals surface area contributed by atoms with Crippen molar-refractivity contribution in [3.8, 4) is 0 Å². The first-order valence-corrected chi connectivity index (χ1v) is 10.1. The molecule has 3 rings (SSSR count). The number of aromatic nitrogens is 1. The zero-order chi connectivity index (χ0) is 21.0. The summed E-state index contributed by atoms with van der Waals surface area (Å²) in [5, 5.41) is 0. The average molecular weight is 476 g/mol. The van der Waals surface area contributed by atoms with E-state index < -0.39 is 0 Å². The molecule has 1 heterocycles. The molecule has 0 saturated carbocycles. The van der Waals surface area contributed by atoms with Crippen LogP contribution < -0.4 is 0 Å². The van der Waals surface area contributed by atoms with Gasteiger partial charge >= 0.3 is 0 Å². The van der Waals surface area contributed by atoms with Crippen LogP contribution in [0.5, 0.6) is 0 Å². The summed E-state index contributed by atoms with van der Waals surface area (Å²) in [6, 6.07) is 20.6. The third kappa shape index (κ3) is 6.61. The van der Waals surface area contributed by atoms with Gasteiger partial charge in [0.2, 0.25) is 0 Å². The Morgan fingerprint density at radius 1 is 0.742 bits per heavy atom. The van der Waals surface area contributed by atoms with Crippen molar-refractivity contribution in [1.29, 1.82) is 0 Å². The minimum absolute atomic E-state index is 0. The standard InChI is InChI=1S/C26H29N3.ClH.Fe/c1-17(2)22-13-7-8-14-25(22)27-20(5)23-15-10-16-24(29-23)21(6)28-26-18(3)11-9-12-19(26)4;;/h7-17H,1-6H3;1H;. The minimum atomic E-state index is 0. The van der Waals surface area contributed by atoms with Gasteiger partial charge in [0.1, 0.15) is 0 Å². The Morgan fingerprint density at radius 2 is 1.26 bits per heavy atom. The van der Waals surface area contributed by atoms with E-state index in [1.54, 1.807) is 0 Å². The molecular weight excluding hydrogens is 446 g/mol. The molecule has 0 atom stereocenters. The van der Waals surface area contributed by atoms with E-state index in [0.29, 0.717) is 5.92 Å². The van der Waals surface area contributed by atoms with Gasteiger partial charge in [0.25, 0.3) is 0 Å². The Kier molecular flexibility index (Phi) is 10.3. The summed E-state index contributed by atoms with van der Waals surface area (Å²) in [6.45, 7) is 12.6. The largest absolute Gasteiger partial charge is 0.251 e. The van der Waals surface area contributed by atoms with Gasteiger partial charge in [-0.05, 0) is 68.5 Å². The van der Waals surface area contributed by atoms with Crippen LogP contribution >= 0.6 is 12.4 Å². The molecular formula is C26H30ClFeN3. The maximum atomic E-state index is 4.88. The van der Waals surface area contributed by atoms with E-state index in [4.69, 9.17) is 15.0 Å². The summed E-state index contributed by atoms with van der Waals surface area (Å²) in [4.78, 5) is 14.6. The molecule has 164 valence electrons. The second kappa shape index (κ2) is 12.0. The quantitative estimate of drug-likeness (QED) is 0.278. The number of rotatable bonds is 5. The molecule has 0 amide bonds. The molecule has 0 fully saturated rings. The minimum Gasteiger partial charge on any atom is -0.251 e. The van der Waals surface area contributed by atoms with E-state index in [1.165, 1.54) is 16.7 Å². The van der Waals surface area contributed by atoms with Crippen LogP contribution in [0.3, 0.4) is 0 Å². The summed E-state index contributed by atoms with van der Waals surface area (Å²) in [7, 11) is 0. The fraction of sp³-hybridized carbons (Fsp3) is 0.269. The van der Waals surface area contributed by atoms with Crippen molar-refractivity contribution < 1.29 is 17.1 Å². The number of hydrogen-bond donors (Lipinski definition) is 0. The van der Waals surface area contributed by atoms with Crippen LogP contribution in [0.1, 0.15) is 61.7 Å². The number of nitrogens with zero attached hydrogens (tertiary/aromatic N) is 3. The molecule has 0 radical (unpaired) electrons. The molecule has 1 aromatic heterocycles. The third-order valence-electron chi connectivity index (χ3n) is 5.06.